The number of hydrogen-bond acceptors (Lipinski definition) is 4. The standard InChI is InChI=1S/C14H20ClN3O2S/c1-4-9(2)7-10(3)16-14-17-12-6-5-11(15)8-13(12)21(19,20)18-14/h5-6,8-10H,4,7H2,1-3H3,(H2,16,17,18). The van der Waals surface area contributed by atoms with Crippen molar-refractivity contribution < 1.29 is 8.42 Å². The third kappa shape index (κ3) is 3.89. The lowest BCUT2D eigenvalue weighted by atomic mass is 10.0. The van der Waals surface area contributed by atoms with Crippen molar-refractivity contribution >= 4 is 33.3 Å². The van der Waals surface area contributed by atoms with Gasteiger partial charge in [-0.05, 0) is 37.5 Å². The summed E-state index contributed by atoms with van der Waals surface area (Å²) in [5.41, 5.74) is 0.493. The van der Waals surface area contributed by atoms with Crippen LogP contribution in [-0.2, 0) is 10.0 Å². The van der Waals surface area contributed by atoms with Crippen LogP contribution in [0.15, 0.2) is 27.5 Å². The third-order valence-corrected chi connectivity index (χ3v) is 5.07. The first kappa shape index (κ1) is 16.1. The number of rotatable bonds is 4. The van der Waals surface area contributed by atoms with Crippen molar-refractivity contribution in [3.05, 3.63) is 23.2 Å². The molecule has 1 aliphatic rings. The number of hydrogen-bond donors (Lipinski definition) is 2. The molecule has 0 amide bonds. The molecular formula is C14H20ClN3O2S. The van der Waals surface area contributed by atoms with E-state index in [4.69, 9.17) is 11.6 Å². The fraction of sp³-hybridized carbons (Fsp3) is 0.500. The van der Waals surface area contributed by atoms with Crippen LogP contribution in [0.1, 0.15) is 33.6 Å². The van der Waals surface area contributed by atoms with Gasteiger partial charge in [-0.25, -0.2) is 0 Å². The van der Waals surface area contributed by atoms with Gasteiger partial charge in [-0.2, -0.15) is 8.42 Å². The Kier molecular flexibility index (Phi) is 4.78. The van der Waals surface area contributed by atoms with Gasteiger partial charge in [0.1, 0.15) is 4.90 Å². The number of sulfonamides is 1. The first-order chi connectivity index (χ1) is 9.81. The molecule has 1 aromatic rings. The minimum Gasteiger partial charge on any atom is -0.353 e. The van der Waals surface area contributed by atoms with Crippen LogP contribution in [-0.4, -0.2) is 20.4 Å². The van der Waals surface area contributed by atoms with E-state index in [1.54, 1.807) is 12.1 Å². The summed E-state index contributed by atoms with van der Waals surface area (Å²) in [6.45, 7) is 6.32. The topological polar surface area (TPSA) is 70.6 Å². The maximum Gasteiger partial charge on any atom is 0.287 e. The van der Waals surface area contributed by atoms with Gasteiger partial charge in [-0.15, -0.1) is 4.40 Å². The van der Waals surface area contributed by atoms with Crippen LogP contribution in [0, 0.1) is 5.92 Å². The lowest BCUT2D eigenvalue weighted by Gasteiger charge is -2.23. The molecule has 0 fully saturated rings. The van der Waals surface area contributed by atoms with Crippen LogP contribution in [0.3, 0.4) is 0 Å². The number of fused-ring (bicyclic) bond motifs is 1. The fourth-order valence-electron chi connectivity index (χ4n) is 2.26. The predicted octanol–water partition coefficient (Wildman–Crippen LogP) is 3.22. The summed E-state index contributed by atoms with van der Waals surface area (Å²) in [6, 6.07) is 4.83. The Morgan fingerprint density at radius 2 is 2.10 bits per heavy atom. The van der Waals surface area contributed by atoms with Crippen molar-refractivity contribution in [3.8, 4) is 0 Å². The number of anilines is 1. The van der Waals surface area contributed by atoms with Gasteiger partial charge in [0.25, 0.3) is 10.0 Å². The second kappa shape index (κ2) is 6.23. The van der Waals surface area contributed by atoms with Gasteiger partial charge in [0.15, 0.2) is 0 Å². The second-order valence-electron chi connectivity index (χ2n) is 5.47. The van der Waals surface area contributed by atoms with E-state index in [1.165, 1.54) is 6.07 Å². The molecule has 0 saturated heterocycles. The monoisotopic (exact) mass is 329 g/mol. The zero-order valence-corrected chi connectivity index (χ0v) is 13.9. The molecule has 0 spiro atoms. The molecule has 1 aliphatic heterocycles. The molecular weight excluding hydrogens is 310 g/mol. The lowest BCUT2D eigenvalue weighted by Crippen LogP contribution is -2.40. The average Bonchev–Trinajstić information content (AvgIpc) is 2.38. The maximum atomic E-state index is 12.2. The van der Waals surface area contributed by atoms with Gasteiger partial charge in [-0.1, -0.05) is 31.9 Å². The molecule has 1 heterocycles. The van der Waals surface area contributed by atoms with Gasteiger partial charge in [0, 0.05) is 11.1 Å². The number of halogens is 1. The summed E-state index contributed by atoms with van der Waals surface area (Å²) in [6.07, 6.45) is 2.04. The summed E-state index contributed by atoms with van der Waals surface area (Å²) in [5, 5.41) is 6.50. The summed E-state index contributed by atoms with van der Waals surface area (Å²) in [7, 11) is -3.71. The van der Waals surface area contributed by atoms with Crippen LogP contribution < -0.4 is 10.6 Å². The normalized spacial score (nSPS) is 19.0. The van der Waals surface area contributed by atoms with E-state index in [0.717, 1.165) is 12.8 Å². The van der Waals surface area contributed by atoms with Gasteiger partial charge in [0.05, 0.1) is 5.69 Å². The van der Waals surface area contributed by atoms with Crippen molar-refractivity contribution in [2.75, 3.05) is 5.32 Å². The van der Waals surface area contributed by atoms with E-state index >= 15 is 0 Å². The van der Waals surface area contributed by atoms with Gasteiger partial charge in [0.2, 0.25) is 5.96 Å². The molecule has 0 aromatic heterocycles. The third-order valence-electron chi connectivity index (χ3n) is 3.52. The lowest BCUT2D eigenvalue weighted by molar-refractivity contribution is 0.448. The maximum absolute atomic E-state index is 12.2. The van der Waals surface area contributed by atoms with Gasteiger partial charge >= 0.3 is 0 Å². The molecule has 0 saturated carbocycles. The molecule has 2 unspecified atom stereocenters. The highest BCUT2D eigenvalue weighted by atomic mass is 35.5. The minimum absolute atomic E-state index is 0.107. The van der Waals surface area contributed by atoms with E-state index < -0.39 is 10.0 Å². The zero-order chi connectivity index (χ0) is 15.6. The molecule has 5 nitrogen and oxygen atoms in total. The Balaban J connectivity index is 2.18. The van der Waals surface area contributed by atoms with E-state index in [-0.39, 0.29) is 16.9 Å². The molecule has 7 heteroatoms. The Hall–Kier alpha value is -1.27. The molecule has 0 aliphatic carbocycles. The highest BCUT2D eigenvalue weighted by molar-refractivity contribution is 7.90. The average molecular weight is 330 g/mol. The molecule has 2 rings (SSSR count). The molecule has 0 bridgehead atoms. The number of nitrogens with zero attached hydrogens (tertiary/aromatic N) is 1. The number of nitrogens with one attached hydrogen (secondary N) is 2. The molecule has 2 N–H and O–H groups in total. The molecule has 1 aromatic carbocycles. The SMILES string of the molecule is CCC(C)CC(C)NC1=NS(=O)(=O)c2cc(Cl)ccc2N1. The van der Waals surface area contributed by atoms with Crippen molar-refractivity contribution in [2.24, 2.45) is 10.3 Å². The Bertz CT molecular complexity index is 658. The summed E-state index contributed by atoms with van der Waals surface area (Å²) < 4.78 is 28.1. The molecule has 2 atom stereocenters. The van der Waals surface area contributed by atoms with Gasteiger partial charge < -0.3 is 10.6 Å². The predicted molar refractivity (Wildman–Crippen MR) is 86.4 cm³/mol. The molecule has 21 heavy (non-hydrogen) atoms. The highest BCUT2D eigenvalue weighted by Crippen LogP contribution is 2.29. The quantitative estimate of drug-likeness (QED) is 0.889. The van der Waals surface area contributed by atoms with Crippen LogP contribution in [0.25, 0.3) is 0 Å². The van der Waals surface area contributed by atoms with E-state index in [9.17, 15) is 8.42 Å². The van der Waals surface area contributed by atoms with E-state index in [2.05, 4.69) is 28.9 Å². The Morgan fingerprint density at radius 1 is 1.38 bits per heavy atom. The summed E-state index contributed by atoms with van der Waals surface area (Å²) in [4.78, 5) is 0.107. The van der Waals surface area contributed by atoms with Crippen LogP contribution in [0.2, 0.25) is 5.02 Å². The summed E-state index contributed by atoms with van der Waals surface area (Å²) in [5.74, 6) is 0.833. The largest absolute Gasteiger partial charge is 0.353 e. The Labute approximate surface area is 130 Å². The second-order valence-corrected chi connectivity index (χ2v) is 7.48. The van der Waals surface area contributed by atoms with Crippen molar-refractivity contribution in [1.29, 1.82) is 0 Å². The molecule has 116 valence electrons. The van der Waals surface area contributed by atoms with E-state index in [0.29, 0.717) is 16.6 Å². The van der Waals surface area contributed by atoms with Gasteiger partial charge in [-0.3, -0.25) is 0 Å². The minimum atomic E-state index is -3.71. The number of guanidine groups is 1. The Morgan fingerprint density at radius 3 is 2.76 bits per heavy atom. The van der Waals surface area contributed by atoms with Crippen LogP contribution in [0.5, 0.6) is 0 Å². The van der Waals surface area contributed by atoms with Crippen molar-refractivity contribution in [1.82, 2.24) is 5.32 Å². The van der Waals surface area contributed by atoms with Crippen LogP contribution >= 0.6 is 11.6 Å². The molecule has 0 radical (unpaired) electrons. The first-order valence-electron chi connectivity index (χ1n) is 7.00. The fourth-order valence-corrected chi connectivity index (χ4v) is 3.60. The van der Waals surface area contributed by atoms with Crippen molar-refractivity contribution in [3.63, 3.8) is 0 Å². The highest BCUT2D eigenvalue weighted by Gasteiger charge is 2.25. The first-order valence-corrected chi connectivity index (χ1v) is 8.81. The summed E-state index contributed by atoms with van der Waals surface area (Å²) >= 11 is 5.84. The number of benzene rings is 1. The van der Waals surface area contributed by atoms with E-state index in [1.807, 2.05) is 6.92 Å². The van der Waals surface area contributed by atoms with Crippen molar-refractivity contribution in [2.45, 2.75) is 44.6 Å². The van der Waals surface area contributed by atoms with Crippen LogP contribution in [0.4, 0.5) is 5.69 Å². The smallest absolute Gasteiger partial charge is 0.287 e. The zero-order valence-electron chi connectivity index (χ0n) is 12.4.